The molecule has 0 bridgehead atoms. The van der Waals surface area contributed by atoms with Crippen LogP contribution in [0.5, 0.6) is 0 Å². The summed E-state index contributed by atoms with van der Waals surface area (Å²) >= 11 is 0. The van der Waals surface area contributed by atoms with Gasteiger partial charge >= 0.3 is 17.9 Å². The Bertz CT molecular complexity index is 238. The first-order valence-corrected chi connectivity index (χ1v) is 3.17. The third-order valence-corrected chi connectivity index (χ3v) is 1.29. The average molecular weight is 321 g/mol. The van der Waals surface area contributed by atoms with E-state index in [1.807, 2.05) is 0 Å². The third kappa shape index (κ3) is 7.44. The Hall–Kier alpha value is -0.487. The van der Waals surface area contributed by atoms with Crippen LogP contribution in [0.3, 0.4) is 0 Å². The van der Waals surface area contributed by atoms with Gasteiger partial charge in [0.15, 0.2) is 5.60 Å². The average Bonchev–Trinajstić information content (AvgIpc) is 1.82. The van der Waals surface area contributed by atoms with Crippen LogP contribution in [0, 0.1) is 0 Å². The molecule has 0 atom stereocenters. The first-order valence-electron chi connectivity index (χ1n) is 3.17. The van der Waals surface area contributed by atoms with Gasteiger partial charge in [-0.05, 0) is 0 Å². The van der Waals surface area contributed by atoms with Crippen molar-refractivity contribution in [3.05, 3.63) is 0 Å². The van der Waals surface area contributed by atoms with Crippen molar-refractivity contribution in [2.24, 2.45) is 0 Å². The largest absolute Gasteiger partial charge is 0.481 e. The Morgan fingerprint density at radius 2 is 1.20 bits per heavy atom. The van der Waals surface area contributed by atoms with Crippen molar-refractivity contribution in [2.45, 2.75) is 18.4 Å². The second kappa shape index (κ2) is 7.76. The third-order valence-electron chi connectivity index (χ3n) is 1.29. The topological polar surface area (TPSA) is 132 Å². The van der Waals surface area contributed by atoms with Crippen molar-refractivity contribution in [3.8, 4) is 0 Å². The van der Waals surface area contributed by atoms with Gasteiger partial charge in [-0.3, -0.25) is 9.59 Å². The van der Waals surface area contributed by atoms with Crippen LogP contribution in [-0.2, 0) is 50.9 Å². The molecule has 0 aliphatic carbocycles. The van der Waals surface area contributed by atoms with E-state index in [1.54, 1.807) is 0 Å². The summed E-state index contributed by atoms with van der Waals surface area (Å²) in [7, 11) is 0. The number of aliphatic carboxylic acids is 3. The molecule has 0 heterocycles. The predicted octanol–water partition coefficient (Wildman–Crippen LogP) is -1.25. The Labute approximate surface area is 108 Å². The first-order chi connectivity index (χ1) is 5.78. The summed E-state index contributed by atoms with van der Waals surface area (Å²) in [6.45, 7) is 0. The molecule has 9 heteroatoms. The van der Waals surface area contributed by atoms with Gasteiger partial charge in [0, 0.05) is 36.5 Å². The number of carboxylic acids is 3. The molecule has 4 N–H and O–H groups in total. The molecular weight excluding hydrogens is 313 g/mol. The fourth-order valence-corrected chi connectivity index (χ4v) is 0.714. The Morgan fingerprint density at radius 1 is 0.933 bits per heavy atom. The molecule has 15 heavy (non-hydrogen) atoms. The quantitative estimate of drug-likeness (QED) is 0.465. The molecule has 1 radical (unpaired) electrons. The van der Waals surface area contributed by atoms with Crippen molar-refractivity contribution in [1.82, 2.24) is 0 Å². The minimum absolute atomic E-state index is 0. The molecule has 0 spiro atoms. The van der Waals surface area contributed by atoms with Crippen LogP contribution >= 0.6 is 0 Å². The van der Waals surface area contributed by atoms with Gasteiger partial charge in [-0.2, -0.15) is 0 Å². The minimum Gasteiger partial charge on any atom is -0.481 e. The molecular formula is C6H8CuO7Zn. The molecule has 0 fully saturated rings. The van der Waals surface area contributed by atoms with Gasteiger partial charge in [0.1, 0.15) is 0 Å². The van der Waals surface area contributed by atoms with Crippen LogP contribution in [0.4, 0.5) is 0 Å². The second-order valence-corrected chi connectivity index (χ2v) is 2.48. The summed E-state index contributed by atoms with van der Waals surface area (Å²) in [6, 6.07) is 0. The minimum atomic E-state index is -2.74. The number of rotatable bonds is 5. The van der Waals surface area contributed by atoms with Crippen molar-refractivity contribution in [3.63, 3.8) is 0 Å². The van der Waals surface area contributed by atoms with Crippen molar-refractivity contribution >= 4 is 17.9 Å². The SMILES string of the molecule is O=C(O)CC(O)(CC(=O)O)C(=O)O.[Cu].[Zn]. The molecule has 0 amide bonds. The molecule has 0 aromatic rings. The van der Waals surface area contributed by atoms with Crippen molar-refractivity contribution in [1.29, 1.82) is 0 Å². The Morgan fingerprint density at radius 3 is 1.33 bits per heavy atom. The number of hydrogen-bond acceptors (Lipinski definition) is 4. The van der Waals surface area contributed by atoms with Gasteiger partial charge in [0.2, 0.25) is 0 Å². The first kappa shape index (κ1) is 20.0. The van der Waals surface area contributed by atoms with E-state index in [-0.39, 0.29) is 36.5 Å². The monoisotopic (exact) mass is 319 g/mol. The van der Waals surface area contributed by atoms with E-state index >= 15 is 0 Å². The number of aliphatic hydroxyl groups is 1. The molecule has 0 aliphatic heterocycles. The summed E-state index contributed by atoms with van der Waals surface area (Å²) in [5, 5.41) is 33.8. The summed E-state index contributed by atoms with van der Waals surface area (Å²) in [5.74, 6) is -5.02. The van der Waals surface area contributed by atoms with Gasteiger partial charge in [-0.25, -0.2) is 4.79 Å². The van der Waals surface area contributed by atoms with E-state index < -0.39 is 36.4 Å². The molecule has 7 nitrogen and oxygen atoms in total. The summed E-state index contributed by atoms with van der Waals surface area (Å²) in [5.41, 5.74) is -2.74. The van der Waals surface area contributed by atoms with Gasteiger partial charge in [-0.15, -0.1) is 0 Å². The summed E-state index contributed by atoms with van der Waals surface area (Å²) < 4.78 is 0. The van der Waals surface area contributed by atoms with Crippen molar-refractivity contribution in [2.75, 3.05) is 0 Å². The van der Waals surface area contributed by atoms with E-state index in [0.29, 0.717) is 0 Å². The van der Waals surface area contributed by atoms with E-state index in [4.69, 9.17) is 20.4 Å². The predicted molar refractivity (Wildman–Crippen MR) is 37.1 cm³/mol. The maximum atomic E-state index is 10.3. The molecule has 0 saturated heterocycles. The van der Waals surface area contributed by atoms with Crippen LogP contribution in [0.2, 0.25) is 0 Å². The molecule has 0 saturated carbocycles. The van der Waals surface area contributed by atoms with Crippen LogP contribution in [0.25, 0.3) is 0 Å². The molecule has 0 aliphatic rings. The van der Waals surface area contributed by atoms with Crippen LogP contribution in [0.1, 0.15) is 12.8 Å². The maximum Gasteiger partial charge on any atom is 0.336 e. The fraction of sp³-hybridized carbons (Fsp3) is 0.500. The molecule has 0 aromatic carbocycles. The van der Waals surface area contributed by atoms with Crippen LogP contribution < -0.4 is 0 Å². The van der Waals surface area contributed by atoms with E-state index in [0.717, 1.165) is 0 Å². The fourth-order valence-electron chi connectivity index (χ4n) is 0.714. The zero-order valence-electron chi connectivity index (χ0n) is 7.44. The standard InChI is InChI=1S/C6H8O7.Cu.Zn/c7-3(8)1-6(13,5(11)12)2-4(9)10;;/h13H,1-2H2,(H,7,8)(H,9,10)(H,11,12);;. The normalized spacial score (nSPS) is 9.40. The number of carboxylic acid groups (broad SMARTS) is 3. The second-order valence-electron chi connectivity index (χ2n) is 2.48. The van der Waals surface area contributed by atoms with Crippen LogP contribution in [0.15, 0.2) is 0 Å². The van der Waals surface area contributed by atoms with Gasteiger partial charge < -0.3 is 20.4 Å². The molecule has 87 valence electrons. The van der Waals surface area contributed by atoms with E-state index in [9.17, 15) is 14.4 Å². The Kier molecular flexibility index (Phi) is 10.3. The van der Waals surface area contributed by atoms with E-state index in [2.05, 4.69) is 0 Å². The number of hydrogen-bond donors (Lipinski definition) is 4. The van der Waals surface area contributed by atoms with E-state index in [1.165, 1.54) is 0 Å². The van der Waals surface area contributed by atoms with Gasteiger partial charge in [-0.1, -0.05) is 0 Å². The molecule has 0 aromatic heterocycles. The Balaban J connectivity index is -0.000000720. The van der Waals surface area contributed by atoms with Gasteiger partial charge in [0.05, 0.1) is 12.8 Å². The maximum absolute atomic E-state index is 10.3. The molecule has 0 rings (SSSR count). The zero-order valence-corrected chi connectivity index (χ0v) is 11.3. The molecule has 0 unspecified atom stereocenters. The zero-order chi connectivity index (χ0) is 10.6. The van der Waals surface area contributed by atoms with Crippen molar-refractivity contribution < 1.29 is 71.4 Å². The van der Waals surface area contributed by atoms with Gasteiger partial charge in [0.25, 0.3) is 0 Å². The smallest absolute Gasteiger partial charge is 0.336 e. The number of carbonyl (C=O) groups is 3. The van der Waals surface area contributed by atoms with Crippen LogP contribution in [-0.4, -0.2) is 43.9 Å². The summed E-state index contributed by atoms with van der Waals surface area (Å²) in [4.78, 5) is 30.5. The summed E-state index contributed by atoms with van der Waals surface area (Å²) in [6.07, 6.45) is -2.29.